The third-order valence-electron chi connectivity index (χ3n) is 2.57. The second-order valence-electron chi connectivity index (χ2n) is 3.41. The van der Waals surface area contributed by atoms with E-state index in [1.54, 1.807) is 6.08 Å². The second-order valence-corrected chi connectivity index (χ2v) is 3.41. The number of carbonyl (C=O) groups excluding carboxylic acids is 2. The Kier molecular flexibility index (Phi) is 1.83. The Hall–Kier alpha value is -1.32. The third-order valence-corrected chi connectivity index (χ3v) is 2.57. The Morgan fingerprint density at radius 2 is 2.31 bits per heavy atom. The van der Waals surface area contributed by atoms with Gasteiger partial charge in [-0.25, -0.2) is 4.79 Å². The Morgan fingerprint density at radius 1 is 1.54 bits per heavy atom. The standard InChI is InChI=1S/C9H11NO3/c1-2-6-3-8(11)7-5-13-9(12)10(7)4-6/h2,6-7H,1,3-5H2/t6-,7+/m1/s1. The zero-order valence-corrected chi connectivity index (χ0v) is 7.23. The number of ketones is 1. The predicted molar refractivity (Wildman–Crippen MR) is 45.2 cm³/mol. The summed E-state index contributed by atoms with van der Waals surface area (Å²) in [7, 11) is 0. The molecule has 4 heteroatoms. The molecule has 0 radical (unpaired) electrons. The lowest BCUT2D eigenvalue weighted by Crippen LogP contribution is -2.47. The van der Waals surface area contributed by atoms with Gasteiger partial charge in [0.15, 0.2) is 5.78 Å². The first-order valence-corrected chi connectivity index (χ1v) is 4.31. The largest absolute Gasteiger partial charge is 0.447 e. The van der Waals surface area contributed by atoms with E-state index < -0.39 is 0 Å². The van der Waals surface area contributed by atoms with Crippen LogP contribution in [0.5, 0.6) is 0 Å². The number of amides is 1. The van der Waals surface area contributed by atoms with E-state index in [0.717, 1.165) is 0 Å². The third kappa shape index (κ3) is 1.22. The van der Waals surface area contributed by atoms with Crippen LogP contribution in [0, 0.1) is 5.92 Å². The maximum atomic E-state index is 11.5. The average molecular weight is 181 g/mol. The number of nitrogens with zero attached hydrogens (tertiary/aromatic N) is 1. The maximum Gasteiger partial charge on any atom is 0.410 e. The van der Waals surface area contributed by atoms with Crippen LogP contribution in [0.3, 0.4) is 0 Å². The summed E-state index contributed by atoms with van der Waals surface area (Å²) in [5, 5.41) is 0. The smallest absolute Gasteiger partial charge is 0.410 e. The van der Waals surface area contributed by atoms with E-state index in [0.29, 0.717) is 13.0 Å². The monoisotopic (exact) mass is 181 g/mol. The molecule has 2 saturated heterocycles. The first-order valence-electron chi connectivity index (χ1n) is 4.31. The van der Waals surface area contributed by atoms with Gasteiger partial charge in [-0.05, 0) is 0 Å². The van der Waals surface area contributed by atoms with E-state index in [1.807, 2.05) is 0 Å². The van der Waals surface area contributed by atoms with Crippen molar-refractivity contribution in [1.82, 2.24) is 4.90 Å². The highest BCUT2D eigenvalue weighted by Gasteiger charge is 2.42. The van der Waals surface area contributed by atoms with Crippen LogP contribution >= 0.6 is 0 Å². The molecule has 2 aliphatic rings. The number of cyclic esters (lactones) is 1. The van der Waals surface area contributed by atoms with Gasteiger partial charge < -0.3 is 4.74 Å². The van der Waals surface area contributed by atoms with Crippen LogP contribution in [0.25, 0.3) is 0 Å². The number of rotatable bonds is 1. The van der Waals surface area contributed by atoms with Gasteiger partial charge in [0, 0.05) is 18.9 Å². The van der Waals surface area contributed by atoms with Crippen molar-refractivity contribution in [2.24, 2.45) is 5.92 Å². The van der Waals surface area contributed by atoms with E-state index in [9.17, 15) is 9.59 Å². The van der Waals surface area contributed by atoms with Crippen molar-refractivity contribution in [3.05, 3.63) is 12.7 Å². The molecule has 0 aliphatic carbocycles. The molecular formula is C9H11NO3. The summed E-state index contributed by atoms with van der Waals surface area (Å²) in [4.78, 5) is 24.1. The molecule has 13 heavy (non-hydrogen) atoms. The van der Waals surface area contributed by atoms with Gasteiger partial charge in [0.2, 0.25) is 0 Å². The van der Waals surface area contributed by atoms with Crippen molar-refractivity contribution in [3.63, 3.8) is 0 Å². The predicted octanol–water partition coefficient (Wildman–Crippen LogP) is 0.582. The Bertz CT molecular complexity index is 274. The quantitative estimate of drug-likeness (QED) is 0.556. The molecule has 70 valence electrons. The molecule has 2 heterocycles. The maximum absolute atomic E-state index is 11.5. The molecule has 0 aromatic heterocycles. The van der Waals surface area contributed by atoms with Crippen molar-refractivity contribution in [2.75, 3.05) is 13.2 Å². The average Bonchev–Trinajstić information content (AvgIpc) is 2.48. The summed E-state index contributed by atoms with van der Waals surface area (Å²) in [5.41, 5.74) is 0. The zero-order valence-electron chi connectivity index (χ0n) is 7.23. The molecule has 0 aromatic rings. The number of hydrogen-bond donors (Lipinski definition) is 0. The molecule has 2 fully saturated rings. The first kappa shape index (κ1) is 8.29. The normalized spacial score (nSPS) is 32.8. The molecule has 2 aliphatic heterocycles. The van der Waals surface area contributed by atoms with Gasteiger partial charge in [0.1, 0.15) is 12.6 Å². The van der Waals surface area contributed by atoms with Crippen LogP contribution in [0.1, 0.15) is 6.42 Å². The van der Waals surface area contributed by atoms with Crippen molar-refractivity contribution < 1.29 is 14.3 Å². The molecule has 0 spiro atoms. The number of carbonyl (C=O) groups is 2. The lowest BCUT2D eigenvalue weighted by Gasteiger charge is -2.29. The van der Waals surface area contributed by atoms with Gasteiger partial charge in [-0.1, -0.05) is 6.08 Å². The van der Waals surface area contributed by atoms with Crippen molar-refractivity contribution >= 4 is 11.9 Å². The Morgan fingerprint density at radius 3 is 3.00 bits per heavy atom. The van der Waals surface area contributed by atoms with Gasteiger partial charge in [-0.15, -0.1) is 6.58 Å². The highest BCUT2D eigenvalue weighted by molar-refractivity contribution is 5.91. The lowest BCUT2D eigenvalue weighted by molar-refractivity contribution is -0.125. The fourth-order valence-electron chi connectivity index (χ4n) is 1.79. The minimum atomic E-state index is -0.370. The summed E-state index contributed by atoms with van der Waals surface area (Å²) in [5.74, 6) is 0.177. The van der Waals surface area contributed by atoms with Gasteiger partial charge in [0.05, 0.1) is 0 Å². The lowest BCUT2D eigenvalue weighted by atomic mass is 9.93. The zero-order chi connectivity index (χ0) is 9.42. The molecular weight excluding hydrogens is 170 g/mol. The van der Waals surface area contributed by atoms with E-state index in [2.05, 4.69) is 6.58 Å². The molecule has 0 unspecified atom stereocenters. The van der Waals surface area contributed by atoms with E-state index >= 15 is 0 Å². The fourth-order valence-corrected chi connectivity index (χ4v) is 1.79. The molecule has 0 bridgehead atoms. The van der Waals surface area contributed by atoms with E-state index in [1.165, 1.54) is 4.90 Å². The van der Waals surface area contributed by atoms with Crippen LogP contribution < -0.4 is 0 Å². The molecule has 0 N–H and O–H groups in total. The number of hydrogen-bond acceptors (Lipinski definition) is 3. The SMILES string of the molecule is C=C[C@@H]1CC(=O)[C@@H]2COC(=O)N2C1. The van der Waals surface area contributed by atoms with Crippen LogP contribution in [-0.2, 0) is 9.53 Å². The topological polar surface area (TPSA) is 46.6 Å². The molecule has 1 amide bonds. The first-order chi connectivity index (χ1) is 6.22. The molecule has 0 saturated carbocycles. The molecule has 2 atom stereocenters. The minimum Gasteiger partial charge on any atom is -0.447 e. The van der Waals surface area contributed by atoms with Crippen LogP contribution in [0.4, 0.5) is 4.79 Å². The highest BCUT2D eigenvalue weighted by Crippen LogP contribution is 2.24. The van der Waals surface area contributed by atoms with E-state index in [4.69, 9.17) is 4.74 Å². The summed E-state index contributed by atoms with van der Waals surface area (Å²) < 4.78 is 4.79. The number of fused-ring (bicyclic) bond motifs is 1. The van der Waals surface area contributed by atoms with Crippen molar-refractivity contribution in [3.8, 4) is 0 Å². The Labute approximate surface area is 76.2 Å². The summed E-state index contributed by atoms with van der Waals surface area (Å²) >= 11 is 0. The minimum absolute atomic E-state index is 0.0852. The summed E-state index contributed by atoms with van der Waals surface area (Å²) in [6.07, 6.45) is 1.84. The molecule has 4 nitrogen and oxygen atoms in total. The second kappa shape index (κ2) is 2.87. The molecule has 2 rings (SSSR count). The van der Waals surface area contributed by atoms with Crippen molar-refractivity contribution in [1.29, 1.82) is 0 Å². The van der Waals surface area contributed by atoms with E-state index in [-0.39, 0.29) is 30.4 Å². The number of ether oxygens (including phenoxy) is 1. The van der Waals surface area contributed by atoms with Crippen LogP contribution in [-0.4, -0.2) is 36.0 Å². The van der Waals surface area contributed by atoms with Gasteiger partial charge >= 0.3 is 6.09 Å². The molecule has 0 aromatic carbocycles. The number of piperidine rings is 1. The van der Waals surface area contributed by atoms with Gasteiger partial charge in [-0.3, -0.25) is 9.69 Å². The van der Waals surface area contributed by atoms with Crippen LogP contribution in [0.15, 0.2) is 12.7 Å². The number of Topliss-reactive ketones (excluding diaryl/α,β-unsaturated/α-hetero) is 1. The van der Waals surface area contributed by atoms with Crippen molar-refractivity contribution in [2.45, 2.75) is 12.5 Å². The van der Waals surface area contributed by atoms with Gasteiger partial charge in [-0.2, -0.15) is 0 Å². The van der Waals surface area contributed by atoms with Crippen LogP contribution in [0.2, 0.25) is 0 Å². The Balaban J connectivity index is 2.18. The fraction of sp³-hybridized carbons (Fsp3) is 0.556. The highest BCUT2D eigenvalue weighted by atomic mass is 16.6. The summed E-state index contributed by atoms with van der Waals surface area (Å²) in [6.45, 7) is 4.42. The summed E-state index contributed by atoms with van der Waals surface area (Å²) in [6, 6.07) is -0.330. The van der Waals surface area contributed by atoms with Gasteiger partial charge in [0.25, 0.3) is 0 Å².